The number of rotatable bonds is 2. The van der Waals surface area contributed by atoms with Crippen molar-refractivity contribution in [1.82, 2.24) is 14.9 Å². The van der Waals surface area contributed by atoms with Crippen LogP contribution in [0.5, 0.6) is 0 Å². The quantitative estimate of drug-likeness (QED) is 0.893. The first-order chi connectivity index (χ1) is 9.22. The Morgan fingerprint density at radius 1 is 1.26 bits per heavy atom. The van der Waals surface area contributed by atoms with Gasteiger partial charge >= 0.3 is 0 Å². The van der Waals surface area contributed by atoms with Crippen molar-refractivity contribution in [3.63, 3.8) is 0 Å². The molecule has 0 saturated heterocycles. The van der Waals surface area contributed by atoms with Crippen LogP contribution >= 0.6 is 0 Å². The minimum Gasteiger partial charge on any atom is -0.330 e. The molecule has 0 aliphatic heterocycles. The smallest absolute Gasteiger partial charge is 0.105 e. The van der Waals surface area contributed by atoms with Crippen LogP contribution in [-0.2, 0) is 0 Å². The number of imidazole rings is 1. The van der Waals surface area contributed by atoms with Crippen LogP contribution in [0.4, 0.5) is 0 Å². The Kier molecular flexibility index (Phi) is 3.15. The Hall–Kier alpha value is -1.61. The molecule has 3 nitrogen and oxygen atoms in total. The molecule has 1 aliphatic carbocycles. The van der Waals surface area contributed by atoms with Crippen molar-refractivity contribution in [3.05, 3.63) is 53.6 Å². The molecule has 3 rings (SSSR count). The molecular weight excluding hydrogens is 234 g/mol. The van der Waals surface area contributed by atoms with E-state index >= 15 is 0 Å². The maximum absolute atomic E-state index is 4.38. The standard InChI is InChI=1S/C16H21N3/c1-11-10-15(19-9-8-18-12(19)2)16(17-3)14-7-5-4-6-13(11)14/h4-9,11,15-17H,10H2,1-3H3. The molecule has 19 heavy (non-hydrogen) atoms. The van der Waals surface area contributed by atoms with Gasteiger partial charge < -0.3 is 9.88 Å². The molecule has 100 valence electrons. The molecule has 3 heteroatoms. The van der Waals surface area contributed by atoms with Crippen LogP contribution in [0.15, 0.2) is 36.7 Å². The summed E-state index contributed by atoms with van der Waals surface area (Å²) in [4.78, 5) is 4.38. The number of nitrogens with zero attached hydrogens (tertiary/aromatic N) is 2. The van der Waals surface area contributed by atoms with E-state index < -0.39 is 0 Å². The van der Waals surface area contributed by atoms with Crippen LogP contribution < -0.4 is 5.32 Å². The van der Waals surface area contributed by atoms with E-state index in [-0.39, 0.29) is 0 Å². The monoisotopic (exact) mass is 255 g/mol. The van der Waals surface area contributed by atoms with E-state index in [1.807, 2.05) is 6.20 Å². The van der Waals surface area contributed by atoms with Crippen LogP contribution in [-0.4, -0.2) is 16.6 Å². The average Bonchev–Trinajstić information content (AvgIpc) is 2.85. The highest BCUT2D eigenvalue weighted by atomic mass is 15.1. The summed E-state index contributed by atoms with van der Waals surface area (Å²) < 4.78 is 2.31. The van der Waals surface area contributed by atoms with E-state index in [1.165, 1.54) is 11.1 Å². The number of aryl methyl sites for hydroxylation is 1. The lowest BCUT2D eigenvalue weighted by Gasteiger charge is -2.38. The van der Waals surface area contributed by atoms with Crippen LogP contribution in [0.2, 0.25) is 0 Å². The summed E-state index contributed by atoms with van der Waals surface area (Å²) in [5.74, 6) is 1.68. The molecular formula is C16H21N3. The third kappa shape index (κ3) is 1.98. The number of aromatic nitrogens is 2. The van der Waals surface area contributed by atoms with Gasteiger partial charge in [0.2, 0.25) is 0 Å². The Morgan fingerprint density at radius 2 is 2.00 bits per heavy atom. The molecule has 1 aromatic heterocycles. The van der Waals surface area contributed by atoms with Gasteiger partial charge in [-0.05, 0) is 37.4 Å². The summed E-state index contributed by atoms with van der Waals surface area (Å²) in [6, 6.07) is 9.61. The van der Waals surface area contributed by atoms with Gasteiger partial charge in [0.05, 0.1) is 12.1 Å². The van der Waals surface area contributed by atoms with Crippen molar-refractivity contribution in [2.75, 3.05) is 7.05 Å². The molecule has 1 N–H and O–H groups in total. The first-order valence-corrected chi connectivity index (χ1v) is 6.98. The minimum atomic E-state index is 0.361. The highest BCUT2D eigenvalue weighted by Gasteiger charge is 2.33. The van der Waals surface area contributed by atoms with Gasteiger partial charge in [-0.3, -0.25) is 0 Å². The van der Waals surface area contributed by atoms with Crippen molar-refractivity contribution in [1.29, 1.82) is 0 Å². The van der Waals surface area contributed by atoms with E-state index in [0.717, 1.165) is 12.2 Å². The maximum atomic E-state index is 4.38. The van der Waals surface area contributed by atoms with Crippen molar-refractivity contribution in [2.24, 2.45) is 0 Å². The van der Waals surface area contributed by atoms with Crippen LogP contribution in [0.25, 0.3) is 0 Å². The molecule has 0 amide bonds. The number of fused-ring (bicyclic) bond motifs is 1. The Morgan fingerprint density at radius 3 is 2.63 bits per heavy atom. The molecule has 3 unspecified atom stereocenters. The normalized spacial score (nSPS) is 26.2. The van der Waals surface area contributed by atoms with Crippen LogP contribution in [0, 0.1) is 6.92 Å². The second-order valence-corrected chi connectivity index (χ2v) is 5.48. The molecule has 0 saturated carbocycles. The molecule has 2 aromatic rings. The van der Waals surface area contributed by atoms with Gasteiger partial charge in [-0.15, -0.1) is 0 Å². The predicted octanol–water partition coefficient (Wildman–Crippen LogP) is 3.20. The van der Waals surface area contributed by atoms with E-state index in [9.17, 15) is 0 Å². The van der Waals surface area contributed by atoms with E-state index in [1.54, 1.807) is 0 Å². The third-order valence-corrected chi connectivity index (χ3v) is 4.37. The van der Waals surface area contributed by atoms with Crippen molar-refractivity contribution < 1.29 is 0 Å². The molecule has 0 radical (unpaired) electrons. The van der Waals surface area contributed by atoms with E-state index in [2.05, 4.69) is 66.2 Å². The second-order valence-electron chi connectivity index (χ2n) is 5.48. The number of benzene rings is 1. The Labute approximate surface area is 114 Å². The predicted molar refractivity (Wildman–Crippen MR) is 77.3 cm³/mol. The average molecular weight is 255 g/mol. The molecule has 0 spiro atoms. The lowest BCUT2D eigenvalue weighted by Crippen LogP contribution is -2.33. The second kappa shape index (κ2) is 4.82. The van der Waals surface area contributed by atoms with Gasteiger partial charge in [0, 0.05) is 12.4 Å². The zero-order valence-corrected chi connectivity index (χ0v) is 11.8. The summed E-state index contributed by atoms with van der Waals surface area (Å²) in [7, 11) is 2.05. The fourth-order valence-corrected chi connectivity index (χ4v) is 3.44. The highest BCUT2D eigenvalue weighted by molar-refractivity contribution is 5.36. The zero-order chi connectivity index (χ0) is 13.4. The maximum Gasteiger partial charge on any atom is 0.105 e. The molecule has 0 fully saturated rings. The number of likely N-dealkylation sites (N-methyl/N-ethyl adjacent to an activating group) is 1. The van der Waals surface area contributed by atoms with Gasteiger partial charge in [-0.2, -0.15) is 0 Å². The molecule has 1 aliphatic rings. The summed E-state index contributed by atoms with van der Waals surface area (Å²) in [6.07, 6.45) is 5.15. The molecule has 1 aromatic carbocycles. The molecule has 0 bridgehead atoms. The lowest BCUT2D eigenvalue weighted by molar-refractivity contribution is 0.306. The zero-order valence-electron chi connectivity index (χ0n) is 11.8. The Balaban J connectivity index is 2.07. The molecule has 1 heterocycles. The summed E-state index contributed by atoms with van der Waals surface area (Å²) >= 11 is 0. The minimum absolute atomic E-state index is 0.361. The van der Waals surface area contributed by atoms with E-state index in [0.29, 0.717) is 18.0 Å². The SMILES string of the molecule is CNC1c2ccccc2C(C)CC1n1ccnc1C. The summed E-state index contributed by atoms with van der Waals surface area (Å²) in [6.45, 7) is 4.40. The highest BCUT2D eigenvalue weighted by Crippen LogP contribution is 2.43. The fraction of sp³-hybridized carbons (Fsp3) is 0.438. The largest absolute Gasteiger partial charge is 0.330 e. The first-order valence-electron chi connectivity index (χ1n) is 6.98. The van der Waals surface area contributed by atoms with Gasteiger partial charge in [-0.1, -0.05) is 31.2 Å². The van der Waals surface area contributed by atoms with Gasteiger partial charge in [0.1, 0.15) is 5.82 Å². The van der Waals surface area contributed by atoms with Crippen molar-refractivity contribution >= 4 is 0 Å². The van der Waals surface area contributed by atoms with Crippen molar-refractivity contribution in [2.45, 2.75) is 38.3 Å². The van der Waals surface area contributed by atoms with Gasteiger partial charge in [-0.25, -0.2) is 4.98 Å². The summed E-state index contributed by atoms with van der Waals surface area (Å²) in [5.41, 5.74) is 2.91. The van der Waals surface area contributed by atoms with Gasteiger partial charge in [0.15, 0.2) is 0 Å². The first kappa shape index (κ1) is 12.4. The van der Waals surface area contributed by atoms with Crippen LogP contribution in [0.1, 0.15) is 48.3 Å². The van der Waals surface area contributed by atoms with Gasteiger partial charge in [0.25, 0.3) is 0 Å². The molecule has 3 atom stereocenters. The number of hydrogen-bond donors (Lipinski definition) is 1. The number of hydrogen-bond acceptors (Lipinski definition) is 2. The lowest BCUT2D eigenvalue weighted by atomic mass is 9.78. The van der Waals surface area contributed by atoms with Crippen molar-refractivity contribution in [3.8, 4) is 0 Å². The van der Waals surface area contributed by atoms with E-state index in [4.69, 9.17) is 0 Å². The Bertz CT molecular complexity index is 573. The third-order valence-electron chi connectivity index (χ3n) is 4.37. The number of nitrogens with one attached hydrogen (secondary N) is 1. The van der Waals surface area contributed by atoms with Crippen LogP contribution in [0.3, 0.4) is 0 Å². The summed E-state index contributed by atoms with van der Waals surface area (Å²) in [5, 5.41) is 3.50. The topological polar surface area (TPSA) is 29.9 Å². The fourth-order valence-electron chi connectivity index (χ4n) is 3.44.